The fourth-order valence-corrected chi connectivity index (χ4v) is 2.03. The molecule has 0 radical (unpaired) electrons. The highest BCUT2D eigenvalue weighted by molar-refractivity contribution is 6.39. The second-order valence-corrected chi connectivity index (χ2v) is 5.22. The predicted octanol–water partition coefficient (Wildman–Crippen LogP) is 1.96. The number of nitrogens with zero attached hydrogens (tertiary/aromatic N) is 1. The summed E-state index contributed by atoms with van der Waals surface area (Å²) in [5.74, 6) is -1.54. The van der Waals surface area contributed by atoms with Crippen molar-refractivity contribution < 1.29 is 23.9 Å². The maximum absolute atomic E-state index is 11.8. The van der Waals surface area contributed by atoms with Crippen molar-refractivity contribution in [2.75, 3.05) is 19.0 Å². The first-order chi connectivity index (χ1) is 13.0. The molecular weight excluding hydrogens is 350 g/mol. The number of carbonyl (C=O) groups excluding carboxylic acids is 3. The number of hydrogen-bond acceptors (Lipinski definition) is 6. The number of esters is 1. The lowest BCUT2D eigenvalue weighted by atomic mass is 10.1. The molecule has 2 aromatic carbocycles. The molecule has 8 heteroatoms. The van der Waals surface area contributed by atoms with Crippen molar-refractivity contribution in [3.05, 3.63) is 59.7 Å². The minimum Gasteiger partial charge on any atom is -0.494 e. The van der Waals surface area contributed by atoms with Crippen LogP contribution in [0.5, 0.6) is 5.75 Å². The maximum atomic E-state index is 11.8. The van der Waals surface area contributed by atoms with Gasteiger partial charge in [0.25, 0.3) is 0 Å². The SMILES string of the molecule is CCOc1ccc(NC(=O)C(=O)N/N=C/c2ccc(C(=O)OC)cc2)cc1. The highest BCUT2D eigenvalue weighted by Gasteiger charge is 2.12. The zero-order valence-corrected chi connectivity index (χ0v) is 14.9. The molecule has 2 amide bonds. The fraction of sp³-hybridized carbons (Fsp3) is 0.158. The molecule has 0 aliphatic heterocycles. The van der Waals surface area contributed by atoms with E-state index in [9.17, 15) is 14.4 Å². The van der Waals surface area contributed by atoms with E-state index in [2.05, 4.69) is 20.6 Å². The summed E-state index contributed by atoms with van der Waals surface area (Å²) in [6.45, 7) is 2.41. The first kappa shape index (κ1) is 19.6. The van der Waals surface area contributed by atoms with Gasteiger partial charge in [-0.05, 0) is 48.9 Å². The highest BCUT2D eigenvalue weighted by atomic mass is 16.5. The van der Waals surface area contributed by atoms with Crippen LogP contribution < -0.4 is 15.5 Å². The fourth-order valence-electron chi connectivity index (χ4n) is 2.03. The third-order valence-electron chi connectivity index (χ3n) is 3.34. The van der Waals surface area contributed by atoms with Crippen molar-refractivity contribution in [3.63, 3.8) is 0 Å². The van der Waals surface area contributed by atoms with Crippen molar-refractivity contribution in [2.24, 2.45) is 5.10 Å². The van der Waals surface area contributed by atoms with E-state index in [1.807, 2.05) is 6.92 Å². The Kier molecular flexibility index (Phi) is 7.07. The standard InChI is InChI=1S/C19H19N3O5/c1-3-27-16-10-8-15(9-11-16)21-17(23)18(24)22-20-12-13-4-6-14(7-5-13)19(25)26-2/h4-12H,3H2,1-2H3,(H,21,23)(H,22,24)/b20-12+. The van der Waals surface area contributed by atoms with Crippen LogP contribution in [-0.2, 0) is 14.3 Å². The number of rotatable bonds is 6. The summed E-state index contributed by atoms with van der Waals surface area (Å²) in [6, 6.07) is 13.0. The molecule has 0 heterocycles. The van der Waals surface area contributed by atoms with Gasteiger partial charge in [0.2, 0.25) is 0 Å². The number of carbonyl (C=O) groups is 3. The molecule has 2 rings (SSSR count). The summed E-state index contributed by atoms with van der Waals surface area (Å²) < 4.78 is 9.90. The Labute approximate surface area is 156 Å². The molecule has 0 aliphatic rings. The largest absolute Gasteiger partial charge is 0.494 e. The van der Waals surface area contributed by atoms with Crippen LogP contribution in [0.3, 0.4) is 0 Å². The third-order valence-corrected chi connectivity index (χ3v) is 3.34. The molecule has 0 fully saturated rings. The van der Waals surface area contributed by atoms with Gasteiger partial charge in [-0.2, -0.15) is 5.10 Å². The molecule has 2 N–H and O–H groups in total. The molecule has 0 saturated carbocycles. The molecule has 0 bridgehead atoms. The molecule has 27 heavy (non-hydrogen) atoms. The van der Waals surface area contributed by atoms with E-state index >= 15 is 0 Å². The predicted molar refractivity (Wildman–Crippen MR) is 99.8 cm³/mol. The minimum atomic E-state index is -0.911. The summed E-state index contributed by atoms with van der Waals surface area (Å²) in [4.78, 5) is 34.9. The monoisotopic (exact) mass is 369 g/mol. The molecule has 0 aliphatic carbocycles. The number of hydrogen-bond donors (Lipinski definition) is 2. The van der Waals surface area contributed by atoms with Gasteiger partial charge in [-0.15, -0.1) is 0 Å². The number of amides is 2. The number of methoxy groups -OCH3 is 1. The van der Waals surface area contributed by atoms with Crippen LogP contribution in [0.1, 0.15) is 22.8 Å². The minimum absolute atomic E-state index is 0.397. The number of hydrazone groups is 1. The Morgan fingerprint density at radius 2 is 1.67 bits per heavy atom. The van der Waals surface area contributed by atoms with Crippen molar-refractivity contribution in [1.29, 1.82) is 0 Å². The van der Waals surface area contributed by atoms with Crippen LogP contribution in [-0.4, -0.2) is 37.7 Å². The second kappa shape index (κ2) is 9.71. The van der Waals surface area contributed by atoms with Gasteiger partial charge in [-0.25, -0.2) is 10.2 Å². The highest BCUT2D eigenvalue weighted by Crippen LogP contribution is 2.15. The molecule has 140 valence electrons. The van der Waals surface area contributed by atoms with Crippen molar-refractivity contribution in [1.82, 2.24) is 5.43 Å². The normalized spacial score (nSPS) is 10.3. The molecule has 0 spiro atoms. The lowest BCUT2D eigenvalue weighted by Crippen LogP contribution is -2.32. The molecule has 0 saturated heterocycles. The Balaban J connectivity index is 1.86. The molecular formula is C19H19N3O5. The summed E-state index contributed by atoms with van der Waals surface area (Å²) in [5, 5.41) is 6.17. The molecule has 0 unspecified atom stereocenters. The lowest BCUT2D eigenvalue weighted by molar-refractivity contribution is -0.136. The maximum Gasteiger partial charge on any atom is 0.337 e. The smallest absolute Gasteiger partial charge is 0.337 e. The zero-order valence-electron chi connectivity index (χ0n) is 14.9. The van der Waals surface area contributed by atoms with Crippen molar-refractivity contribution in [2.45, 2.75) is 6.92 Å². The summed E-state index contributed by atoms with van der Waals surface area (Å²) in [5.41, 5.74) is 3.62. The molecule has 0 atom stereocenters. The Morgan fingerprint density at radius 3 is 2.26 bits per heavy atom. The number of nitrogens with one attached hydrogen (secondary N) is 2. The number of anilines is 1. The van der Waals surface area contributed by atoms with Crippen LogP contribution >= 0.6 is 0 Å². The van der Waals surface area contributed by atoms with Crippen molar-refractivity contribution >= 4 is 29.7 Å². The van der Waals surface area contributed by atoms with E-state index in [0.29, 0.717) is 29.2 Å². The zero-order chi connectivity index (χ0) is 19.6. The van der Waals surface area contributed by atoms with Gasteiger partial charge >= 0.3 is 17.8 Å². The van der Waals surface area contributed by atoms with Crippen molar-refractivity contribution in [3.8, 4) is 5.75 Å². The summed E-state index contributed by atoms with van der Waals surface area (Å²) >= 11 is 0. The Morgan fingerprint density at radius 1 is 1.00 bits per heavy atom. The van der Waals surface area contributed by atoms with Gasteiger partial charge < -0.3 is 14.8 Å². The average Bonchev–Trinajstić information content (AvgIpc) is 2.69. The Hall–Kier alpha value is -3.68. The van der Waals surface area contributed by atoms with E-state index in [-0.39, 0.29) is 0 Å². The molecule has 2 aromatic rings. The van der Waals surface area contributed by atoms with Gasteiger partial charge in [0.05, 0.1) is 25.5 Å². The van der Waals surface area contributed by atoms with Gasteiger partial charge in [0.1, 0.15) is 5.75 Å². The molecule has 0 aromatic heterocycles. The van der Waals surface area contributed by atoms with Gasteiger partial charge in [0.15, 0.2) is 0 Å². The number of ether oxygens (including phenoxy) is 2. The first-order valence-corrected chi connectivity index (χ1v) is 8.09. The lowest BCUT2D eigenvalue weighted by Gasteiger charge is -2.06. The topological polar surface area (TPSA) is 106 Å². The quantitative estimate of drug-likeness (QED) is 0.350. The van der Waals surface area contributed by atoms with E-state index in [0.717, 1.165) is 0 Å². The summed E-state index contributed by atoms with van der Waals surface area (Å²) in [6.07, 6.45) is 1.35. The van der Waals surface area contributed by atoms with Gasteiger partial charge in [-0.1, -0.05) is 12.1 Å². The molecule has 8 nitrogen and oxygen atoms in total. The summed E-state index contributed by atoms with van der Waals surface area (Å²) in [7, 11) is 1.30. The number of benzene rings is 2. The average molecular weight is 369 g/mol. The van der Waals surface area contributed by atoms with Gasteiger partial charge in [0, 0.05) is 5.69 Å². The third kappa shape index (κ3) is 5.96. The second-order valence-electron chi connectivity index (χ2n) is 5.22. The Bertz CT molecular complexity index is 829. The van der Waals surface area contributed by atoms with E-state index < -0.39 is 17.8 Å². The van der Waals surface area contributed by atoms with Crippen LogP contribution in [0.15, 0.2) is 53.6 Å². The van der Waals surface area contributed by atoms with E-state index in [4.69, 9.17) is 4.74 Å². The van der Waals surface area contributed by atoms with Crippen LogP contribution in [0.4, 0.5) is 5.69 Å². The van der Waals surface area contributed by atoms with Crippen LogP contribution in [0.2, 0.25) is 0 Å². The first-order valence-electron chi connectivity index (χ1n) is 8.09. The van der Waals surface area contributed by atoms with E-state index in [1.165, 1.54) is 13.3 Å². The van der Waals surface area contributed by atoms with Crippen LogP contribution in [0.25, 0.3) is 0 Å². The van der Waals surface area contributed by atoms with E-state index in [1.54, 1.807) is 48.5 Å². The van der Waals surface area contributed by atoms with Crippen LogP contribution in [0, 0.1) is 0 Å². The van der Waals surface area contributed by atoms with Gasteiger partial charge in [-0.3, -0.25) is 9.59 Å².